The summed E-state index contributed by atoms with van der Waals surface area (Å²) < 4.78 is 0. The van der Waals surface area contributed by atoms with Crippen LogP contribution >= 0.6 is 0 Å². The van der Waals surface area contributed by atoms with Gasteiger partial charge in [-0.1, -0.05) is 37.3 Å². The van der Waals surface area contributed by atoms with Crippen LogP contribution in [0, 0.1) is 5.92 Å². The third-order valence-electron chi connectivity index (χ3n) is 6.04. The summed E-state index contributed by atoms with van der Waals surface area (Å²) in [6.45, 7) is 5.28. The molecule has 1 aromatic rings. The van der Waals surface area contributed by atoms with Crippen molar-refractivity contribution in [2.75, 3.05) is 20.1 Å². The van der Waals surface area contributed by atoms with E-state index in [0.717, 1.165) is 51.7 Å². The van der Waals surface area contributed by atoms with Crippen molar-refractivity contribution in [3.05, 3.63) is 35.9 Å². The Morgan fingerprint density at radius 3 is 2.54 bits per heavy atom. The highest BCUT2D eigenvalue weighted by molar-refractivity contribution is 5.74. The molecule has 2 fully saturated rings. The molecule has 1 aliphatic carbocycles. The van der Waals surface area contributed by atoms with Crippen LogP contribution in [-0.4, -0.2) is 59.3 Å². The van der Waals surface area contributed by atoms with Gasteiger partial charge in [-0.2, -0.15) is 0 Å². The number of piperidine rings is 1. The fourth-order valence-electron chi connectivity index (χ4n) is 4.43. The van der Waals surface area contributed by atoms with E-state index in [4.69, 9.17) is 0 Å². The first kappa shape index (κ1) is 19.2. The van der Waals surface area contributed by atoms with Gasteiger partial charge in [0.1, 0.15) is 0 Å². The Bertz CT molecular complexity index is 572. The van der Waals surface area contributed by atoms with Crippen LogP contribution in [0.4, 0.5) is 4.79 Å². The number of nitrogens with one attached hydrogen (secondary N) is 1. The average molecular weight is 360 g/mol. The van der Waals surface area contributed by atoms with Crippen molar-refractivity contribution in [3.63, 3.8) is 0 Å². The number of aliphatic hydroxyl groups is 1. The zero-order valence-corrected chi connectivity index (χ0v) is 16.1. The Kier molecular flexibility index (Phi) is 6.54. The van der Waals surface area contributed by atoms with Crippen LogP contribution in [0.5, 0.6) is 0 Å². The van der Waals surface area contributed by atoms with Crippen LogP contribution in [0.1, 0.15) is 44.6 Å². The molecule has 3 rings (SSSR count). The highest BCUT2D eigenvalue weighted by Crippen LogP contribution is 2.24. The van der Waals surface area contributed by atoms with Gasteiger partial charge in [-0.25, -0.2) is 4.79 Å². The number of urea groups is 1. The van der Waals surface area contributed by atoms with Crippen LogP contribution in [0.15, 0.2) is 30.3 Å². The summed E-state index contributed by atoms with van der Waals surface area (Å²) in [6.07, 6.45) is 4.18. The van der Waals surface area contributed by atoms with E-state index in [2.05, 4.69) is 47.5 Å². The molecule has 1 aliphatic heterocycles. The van der Waals surface area contributed by atoms with E-state index in [1.807, 2.05) is 11.9 Å². The Hall–Kier alpha value is -1.59. The topological polar surface area (TPSA) is 55.8 Å². The number of carbonyl (C=O) groups excluding carboxylic acids is 1. The third kappa shape index (κ3) is 4.98. The maximum atomic E-state index is 12.6. The molecule has 2 N–H and O–H groups in total. The number of benzene rings is 1. The molecular formula is C21H33N3O2. The molecule has 1 saturated carbocycles. The number of hydrogen-bond donors (Lipinski definition) is 2. The lowest BCUT2D eigenvalue weighted by atomic mass is 9.92. The molecule has 0 bridgehead atoms. The quantitative estimate of drug-likeness (QED) is 0.869. The van der Waals surface area contributed by atoms with E-state index >= 15 is 0 Å². The van der Waals surface area contributed by atoms with Crippen molar-refractivity contribution in [2.45, 2.75) is 63.8 Å². The minimum absolute atomic E-state index is 0.0414. The maximum absolute atomic E-state index is 12.6. The lowest BCUT2D eigenvalue weighted by Crippen LogP contribution is -2.54. The van der Waals surface area contributed by atoms with Crippen molar-refractivity contribution in [2.24, 2.45) is 5.92 Å². The predicted octanol–water partition coefficient (Wildman–Crippen LogP) is 2.84. The average Bonchev–Trinajstić information content (AvgIpc) is 2.64. The number of hydrogen-bond acceptors (Lipinski definition) is 3. The van der Waals surface area contributed by atoms with Gasteiger partial charge < -0.3 is 15.3 Å². The molecule has 0 aromatic heterocycles. The number of likely N-dealkylation sites (tertiary alicyclic amines) is 1. The lowest BCUT2D eigenvalue weighted by Gasteiger charge is -2.41. The number of nitrogens with zero attached hydrogens (tertiary/aromatic N) is 2. The smallest absolute Gasteiger partial charge is 0.317 e. The molecule has 26 heavy (non-hydrogen) atoms. The van der Waals surface area contributed by atoms with Crippen molar-refractivity contribution in [1.82, 2.24) is 15.1 Å². The molecular weight excluding hydrogens is 326 g/mol. The van der Waals surface area contributed by atoms with Gasteiger partial charge >= 0.3 is 6.03 Å². The zero-order valence-electron chi connectivity index (χ0n) is 16.1. The van der Waals surface area contributed by atoms with Crippen molar-refractivity contribution in [1.29, 1.82) is 0 Å². The second-order valence-corrected chi connectivity index (χ2v) is 8.12. The third-order valence-corrected chi connectivity index (χ3v) is 6.04. The van der Waals surface area contributed by atoms with Gasteiger partial charge in [-0.15, -0.1) is 0 Å². The molecule has 0 spiro atoms. The Labute approximate surface area is 157 Å². The molecule has 0 unspecified atom stereocenters. The molecule has 144 valence electrons. The fraction of sp³-hybridized carbons (Fsp3) is 0.667. The minimum Gasteiger partial charge on any atom is -0.393 e. The fourth-order valence-corrected chi connectivity index (χ4v) is 4.43. The van der Waals surface area contributed by atoms with Crippen LogP contribution in [0.2, 0.25) is 0 Å². The molecule has 1 saturated heterocycles. The second kappa shape index (κ2) is 8.87. The largest absolute Gasteiger partial charge is 0.393 e. The zero-order chi connectivity index (χ0) is 18.5. The first-order chi connectivity index (χ1) is 12.5. The summed E-state index contributed by atoms with van der Waals surface area (Å²) in [6, 6.07) is 11.1. The van der Waals surface area contributed by atoms with Gasteiger partial charge in [0, 0.05) is 38.8 Å². The van der Waals surface area contributed by atoms with Crippen LogP contribution < -0.4 is 5.32 Å². The minimum atomic E-state index is -0.185. The first-order valence-corrected chi connectivity index (χ1v) is 10.0. The Morgan fingerprint density at radius 1 is 1.19 bits per heavy atom. The van der Waals surface area contributed by atoms with E-state index in [1.54, 1.807) is 0 Å². The lowest BCUT2D eigenvalue weighted by molar-refractivity contribution is 0.0841. The summed E-state index contributed by atoms with van der Waals surface area (Å²) in [5.74, 6) is 0.455. The van der Waals surface area contributed by atoms with E-state index in [1.165, 1.54) is 5.56 Å². The molecule has 1 aromatic carbocycles. The van der Waals surface area contributed by atoms with Crippen molar-refractivity contribution < 1.29 is 9.90 Å². The molecule has 5 heteroatoms. The van der Waals surface area contributed by atoms with Gasteiger partial charge in [-0.3, -0.25) is 4.90 Å². The monoisotopic (exact) mass is 359 g/mol. The van der Waals surface area contributed by atoms with E-state index in [0.29, 0.717) is 5.92 Å². The van der Waals surface area contributed by atoms with Crippen LogP contribution in [0.3, 0.4) is 0 Å². The van der Waals surface area contributed by atoms with Gasteiger partial charge in [-0.05, 0) is 43.6 Å². The Morgan fingerprint density at radius 2 is 1.88 bits per heavy atom. The standard InChI is InChI=1S/C21H33N3O2/c1-16-14-24(15-17-6-4-3-5-7-17)13-12-20(16)23(2)21(26)22-18-8-10-19(25)11-9-18/h3-7,16,18-20,25H,8-15H2,1-2H3,(H,22,26)/t16-,18?,19?,20+/m0/s1. The molecule has 0 radical (unpaired) electrons. The summed E-state index contributed by atoms with van der Waals surface area (Å²) >= 11 is 0. The summed E-state index contributed by atoms with van der Waals surface area (Å²) in [5.41, 5.74) is 1.35. The van der Waals surface area contributed by atoms with Crippen molar-refractivity contribution >= 4 is 6.03 Å². The molecule has 2 aliphatic rings. The summed E-state index contributed by atoms with van der Waals surface area (Å²) in [5, 5.41) is 12.8. The molecule has 2 atom stereocenters. The second-order valence-electron chi connectivity index (χ2n) is 8.12. The summed E-state index contributed by atoms with van der Waals surface area (Å²) in [4.78, 5) is 17.1. The highest BCUT2D eigenvalue weighted by Gasteiger charge is 2.32. The molecule has 1 heterocycles. The SMILES string of the molecule is C[C@H]1CN(Cc2ccccc2)CC[C@H]1N(C)C(=O)NC1CCC(O)CC1. The molecule has 2 amide bonds. The van der Waals surface area contributed by atoms with Gasteiger partial charge in [0.25, 0.3) is 0 Å². The normalized spacial score (nSPS) is 30.0. The van der Waals surface area contributed by atoms with Crippen LogP contribution in [0.25, 0.3) is 0 Å². The summed E-state index contributed by atoms with van der Waals surface area (Å²) in [7, 11) is 1.93. The number of carbonyl (C=O) groups is 1. The van der Waals surface area contributed by atoms with E-state index in [9.17, 15) is 9.90 Å². The van der Waals surface area contributed by atoms with Gasteiger partial charge in [0.15, 0.2) is 0 Å². The first-order valence-electron chi connectivity index (χ1n) is 10.0. The predicted molar refractivity (Wildman–Crippen MR) is 104 cm³/mol. The Balaban J connectivity index is 1.47. The molecule has 5 nitrogen and oxygen atoms in total. The number of rotatable bonds is 4. The van der Waals surface area contributed by atoms with E-state index in [-0.39, 0.29) is 24.2 Å². The van der Waals surface area contributed by atoms with Crippen LogP contribution in [-0.2, 0) is 6.54 Å². The highest BCUT2D eigenvalue weighted by atomic mass is 16.3. The van der Waals surface area contributed by atoms with E-state index < -0.39 is 0 Å². The maximum Gasteiger partial charge on any atom is 0.317 e. The van der Waals surface area contributed by atoms with Gasteiger partial charge in [0.2, 0.25) is 0 Å². The number of aliphatic hydroxyl groups excluding tert-OH is 1. The number of amides is 2. The van der Waals surface area contributed by atoms with Crippen molar-refractivity contribution in [3.8, 4) is 0 Å². The van der Waals surface area contributed by atoms with Gasteiger partial charge in [0.05, 0.1) is 6.10 Å².